The fraction of sp³-hybridized carbons (Fsp3) is 1.00. The number of nitrogens with two attached hydrogens (primary N) is 1. The molecular weight excluding hydrogens is 226 g/mol. The summed E-state index contributed by atoms with van der Waals surface area (Å²) < 4.78 is 28.7. The second-order valence-corrected chi connectivity index (χ2v) is 7.61. The minimum atomic E-state index is -2.85. The number of sulfone groups is 1. The molecular formula is C11H21NO3S. The molecule has 1 saturated heterocycles. The molecule has 0 bridgehead atoms. The van der Waals surface area contributed by atoms with Crippen LogP contribution in [-0.4, -0.2) is 38.2 Å². The van der Waals surface area contributed by atoms with E-state index in [1.165, 1.54) is 0 Å². The van der Waals surface area contributed by atoms with Crippen molar-refractivity contribution >= 4 is 9.84 Å². The van der Waals surface area contributed by atoms with Gasteiger partial charge in [0, 0.05) is 6.54 Å². The summed E-state index contributed by atoms with van der Waals surface area (Å²) in [5, 5.41) is 0. The smallest absolute Gasteiger partial charge is 0.152 e. The van der Waals surface area contributed by atoms with E-state index in [2.05, 4.69) is 6.92 Å². The largest absolute Gasteiger partial charge is 0.369 e. The van der Waals surface area contributed by atoms with Crippen LogP contribution in [0, 0.1) is 5.92 Å². The van der Waals surface area contributed by atoms with Crippen LogP contribution >= 0.6 is 0 Å². The zero-order valence-corrected chi connectivity index (χ0v) is 10.6. The molecule has 16 heavy (non-hydrogen) atoms. The third-order valence-corrected chi connectivity index (χ3v) is 5.53. The maximum atomic E-state index is 11.4. The highest BCUT2D eigenvalue weighted by Crippen LogP contribution is 2.38. The summed E-state index contributed by atoms with van der Waals surface area (Å²) in [6, 6.07) is 0. The molecule has 2 fully saturated rings. The first-order chi connectivity index (χ1) is 7.45. The van der Waals surface area contributed by atoms with E-state index in [4.69, 9.17) is 10.5 Å². The molecule has 0 aromatic carbocycles. The molecule has 0 amide bonds. The highest BCUT2D eigenvalue weighted by molar-refractivity contribution is 7.91. The van der Waals surface area contributed by atoms with Crippen molar-refractivity contribution in [2.24, 2.45) is 11.7 Å². The lowest BCUT2D eigenvalue weighted by Gasteiger charge is -2.31. The second kappa shape index (κ2) is 4.27. The van der Waals surface area contributed by atoms with E-state index in [-0.39, 0.29) is 23.2 Å². The molecule has 2 rings (SSSR count). The predicted octanol–water partition coefficient (Wildman–Crippen LogP) is 0.708. The van der Waals surface area contributed by atoms with Crippen LogP contribution < -0.4 is 5.73 Å². The monoisotopic (exact) mass is 247 g/mol. The number of hydrogen-bond acceptors (Lipinski definition) is 4. The minimum absolute atomic E-state index is 0.126. The lowest BCUT2D eigenvalue weighted by molar-refractivity contribution is -0.0753. The Morgan fingerprint density at radius 1 is 1.44 bits per heavy atom. The molecule has 4 nitrogen and oxygen atoms in total. The summed E-state index contributed by atoms with van der Waals surface area (Å²) in [4.78, 5) is 0. The van der Waals surface area contributed by atoms with Crippen molar-refractivity contribution in [1.29, 1.82) is 0 Å². The molecule has 2 aliphatic rings. The van der Waals surface area contributed by atoms with E-state index in [9.17, 15) is 8.42 Å². The van der Waals surface area contributed by atoms with E-state index >= 15 is 0 Å². The van der Waals surface area contributed by atoms with Crippen LogP contribution in [0.25, 0.3) is 0 Å². The lowest BCUT2D eigenvalue weighted by atomic mass is 10.0. The molecule has 1 aliphatic carbocycles. The quantitative estimate of drug-likeness (QED) is 0.797. The van der Waals surface area contributed by atoms with Gasteiger partial charge in [-0.15, -0.1) is 0 Å². The molecule has 2 N–H and O–H groups in total. The Morgan fingerprint density at radius 2 is 2.19 bits per heavy atom. The van der Waals surface area contributed by atoms with Crippen LogP contribution in [0.2, 0.25) is 0 Å². The summed E-state index contributed by atoms with van der Waals surface area (Å²) in [5.41, 5.74) is 5.56. The van der Waals surface area contributed by atoms with Gasteiger partial charge in [0.05, 0.1) is 23.2 Å². The fourth-order valence-corrected chi connectivity index (χ4v) is 4.49. The molecule has 0 aromatic heterocycles. The van der Waals surface area contributed by atoms with Crippen LogP contribution in [0.15, 0.2) is 0 Å². The van der Waals surface area contributed by atoms with Crippen LogP contribution in [0.5, 0.6) is 0 Å². The first-order valence-corrected chi connectivity index (χ1v) is 7.85. The average molecular weight is 247 g/mol. The number of hydrogen-bond donors (Lipinski definition) is 1. The summed E-state index contributed by atoms with van der Waals surface area (Å²) in [5.74, 6) is 1.10. The highest BCUT2D eigenvalue weighted by Gasteiger charge is 2.41. The van der Waals surface area contributed by atoms with E-state index in [1.54, 1.807) is 0 Å². The zero-order chi connectivity index (χ0) is 11.8. The highest BCUT2D eigenvalue weighted by atomic mass is 32.2. The van der Waals surface area contributed by atoms with Crippen molar-refractivity contribution in [3.05, 3.63) is 0 Å². The Kier molecular flexibility index (Phi) is 3.29. The first kappa shape index (κ1) is 12.3. The van der Waals surface area contributed by atoms with Gasteiger partial charge < -0.3 is 10.5 Å². The molecule has 1 aliphatic heterocycles. The Balaban J connectivity index is 1.98. The van der Waals surface area contributed by atoms with Crippen molar-refractivity contribution in [3.63, 3.8) is 0 Å². The van der Waals surface area contributed by atoms with Gasteiger partial charge in [0.15, 0.2) is 9.84 Å². The molecule has 1 heterocycles. The Hall–Kier alpha value is -0.130. The Bertz CT molecular complexity index is 354. The summed E-state index contributed by atoms with van der Waals surface area (Å²) in [7, 11) is -2.85. The first-order valence-electron chi connectivity index (χ1n) is 6.03. The molecule has 0 radical (unpaired) electrons. The molecule has 1 saturated carbocycles. The lowest BCUT2D eigenvalue weighted by Crippen LogP contribution is -2.41. The van der Waals surface area contributed by atoms with Gasteiger partial charge in [-0.2, -0.15) is 0 Å². The van der Waals surface area contributed by atoms with E-state index in [0.29, 0.717) is 18.9 Å². The van der Waals surface area contributed by atoms with Gasteiger partial charge in [-0.1, -0.05) is 6.92 Å². The topological polar surface area (TPSA) is 69.4 Å². The maximum Gasteiger partial charge on any atom is 0.152 e. The van der Waals surface area contributed by atoms with Gasteiger partial charge in [-0.25, -0.2) is 8.42 Å². The Labute approximate surface area is 97.5 Å². The molecule has 0 spiro atoms. The predicted molar refractivity (Wildman–Crippen MR) is 62.9 cm³/mol. The number of ether oxygens (including phenoxy) is 1. The standard InChI is InChI=1S/C11H21NO3S/c1-9-2-4-11(6-9,8-12)15-10-3-5-16(13,14)7-10/h9-10H,2-8,12H2,1H3. The van der Waals surface area contributed by atoms with Gasteiger partial charge in [0.1, 0.15) is 0 Å². The van der Waals surface area contributed by atoms with Gasteiger partial charge in [-0.3, -0.25) is 0 Å². The molecule has 0 aromatic rings. The van der Waals surface area contributed by atoms with Gasteiger partial charge in [-0.05, 0) is 31.6 Å². The third kappa shape index (κ3) is 2.57. The normalized spacial score (nSPS) is 42.6. The average Bonchev–Trinajstić information content (AvgIpc) is 2.72. The van der Waals surface area contributed by atoms with Crippen LogP contribution in [-0.2, 0) is 14.6 Å². The summed E-state index contributed by atoms with van der Waals surface area (Å²) >= 11 is 0. The Morgan fingerprint density at radius 3 is 2.62 bits per heavy atom. The van der Waals surface area contributed by atoms with Crippen molar-refractivity contribution in [3.8, 4) is 0 Å². The molecule has 3 unspecified atom stereocenters. The van der Waals surface area contributed by atoms with Gasteiger partial charge in [0.2, 0.25) is 0 Å². The van der Waals surface area contributed by atoms with E-state index in [0.717, 1.165) is 19.3 Å². The van der Waals surface area contributed by atoms with Gasteiger partial charge in [0.25, 0.3) is 0 Å². The summed E-state index contributed by atoms with van der Waals surface area (Å²) in [6.45, 7) is 2.71. The van der Waals surface area contributed by atoms with Crippen molar-refractivity contribution in [2.75, 3.05) is 18.1 Å². The fourth-order valence-electron chi connectivity index (χ4n) is 2.90. The third-order valence-electron chi connectivity index (χ3n) is 3.79. The van der Waals surface area contributed by atoms with Gasteiger partial charge >= 0.3 is 0 Å². The summed E-state index contributed by atoms with van der Waals surface area (Å²) in [6.07, 6.45) is 3.59. The molecule has 94 valence electrons. The van der Waals surface area contributed by atoms with E-state index < -0.39 is 9.84 Å². The van der Waals surface area contributed by atoms with Crippen LogP contribution in [0.4, 0.5) is 0 Å². The second-order valence-electron chi connectivity index (χ2n) is 5.38. The van der Waals surface area contributed by atoms with Crippen LogP contribution in [0.1, 0.15) is 32.6 Å². The number of rotatable bonds is 3. The maximum absolute atomic E-state index is 11.4. The van der Waals surface area contributed by atoms with Crippen LogP contribution in [0.3, 0.4) is 0 Å². The van der Waals surface area contributed by atoms with Crippen molar-refractivity contribution in [1.82, 2.24) is 0 Å². The SMILES string of the molecule is CC1CCC(CN)(OC2CCS(=O)(=O)C2)C1. The molecule has 3 atom stereocenters. The van der Waals surface area contributed by atoms with Crippen molar-refractivity contribution < 1.29 is 13.2 Å². The van der Waals surface area contributed by atoms with Crippen molar-refractivity contribution in [2.45, 2.75) is 44.3 Å². The van der Waals surface area contributed by atoms with E-state index in [1.807, 2.05) is 0 Å². The zero-order valence-electron chi connectivity index (χ0n) is 9.81. The molecule has 5 heteroatoms. The minimum Gasteiger partial charge on any atom is -0.369 e.